The third kappa shape index (κ3) is 4.88. The molecule has 7 heteroatoms. The molecule has 0 bridgehead atoms. The van der Waals surface area contributed by atoms with E-state index >= 15 is 0 Å². The van der Waals surface area contributed by atoms with Gasteiger partial charge in [-0.05, 0) is 41.9 Å². The summed E-state index contributed by atoms with van der Waals surface area (Å²) < 4.78 is 67.3. The van der Waals surface area contributed by atoms with E-state index in [1.165, 1.54) is 6.07 Å². The molecule has 0 saturated carbocycles. The van der Waals surface area contributed by atoms with Crippen LogP contribution in [0, 0.1) is 17.6 Å². The number of hydrogen-bond acceptors (Lipinski definition) is 2. The van der Waals surface area contributed by atoms with Crippen molar-refractivity contribution < 1.29 is 22.0 Å². The van der Waals surface area contributed by atoms with Crippen LogP contribution >= 0.6 is 11.8 Å². The SMILES string of the molecule is CC(C)c1cc(F)cc(F)c1CCC1NC(C(C)C)C(C(F)(F)F)S1. The van der Waals surface area contributed by atoms with Gasteiger partial charge in [0.15, 0.2) is 0 Å². The first kappa shape index (κ1) is 20.5. The number of nitrogens with one attached hydrogen (secondary N) is 1. The summed E-state index contributed by atoms with van der Waals surface area (Å²) >= 11 is 0.864. The zero-order valence-corrected chi connectivity index (χ0v) is 15.6. The molecule has 1 aliphatic heterocycles. The van der Waals surface area contributed by atoms with Gasteiger partial charge in [0.25, 0.3) is 0 Å². The molecule has 1 aromatic carbocycles. The first-order valence-electron chi connectivity index (χ1n) is 8.46. The third-order valence-corrected chi connectivity index (χ3v) is 6.08. The van der Waals surface area contributed by atoms with Crippen LogP contribution in [0.2, 0.25) is 0 Å². The Hall–Kier alpha value is -0.820. The van der Waals surface area contributed by atoms with Crippen molar-refractivity contribution in [3.63, 3.8) is 0 Å². The lowest BCUT2D eigenvalue weighted by atomic mass is 9.93. The maximum atomic E-state index is 14.2. The number of thioether (sulfide) groups is 1. The van der Waals surface area contributed by atoms with Gasteiger partial charge < -0.3 is 5.32 Å². The van der Waals surface area contributed by atoms with Gasteiger partial charge in [-0.3, -0.25) is 0 Å². The third-order valence-electron chi connectivity index (χ3n) is 4.53. The quantitative estimate of drug-likeness (QED) is 0.663. The normalized spacial score (nSPS) is 24.5. The lowest BCUT2D eigenvalue weighted by molar-refractivity contribution is -0.134. The van der Waals surface area contributed by atoms with Gasteiger partial charge in [0.1, 0.15) is 16.9 Å². The van der Waals surface area contributed by atoms with Crippen molar-refractivity contribution in [2.75, 3.05) is 0 Å². The smallest absolute Gasteiger partial charge is 0.301 e. The van der Waals surface area contributed by atoms with Crippen molar-refractivity contribution >= 4 is 11.8 Å². The Morgan fingerprint density at radius 3 is 2.24 bits per heavy atom. The second kappa shape index (κ2) is 7.82. The van der Waals surface area contributed by atoms with Crippen molar-refractivity contribution in [2.24, 2.45) is 5.92 Å². The summed E-state index contributed by atoms with van der Waals surface area (Å²) in [6.45, 7) is 7.20. The number of hydrogen-bond donors (Lipinski definition) is 1. The van der Waals surface area contributed by atoms with E-state index in [9.17, 15) is 22.0 Å². The Morgan fingerprint density at radius 2 is 1.76 bits per heavy atom. The predicted octanol–water partition coefficient (Wildman–Crippen LogP) is 5.64. The molecule has 0 aromatic heterocycles. The van der Waals surface area contributed by atoms with Crippen LogP contribution in [-0.4, -0.2) is 22.8 Å². The molecule has 3 atom stereocenters. The second-order valence-corrected chi connectivity index (χ2v) is 8.52. The van der Waals surface area contributed by atoms with Crippen LogP contribution < -0.4 is 5.32 Å². The fourth-order valence-electron chi connectivity index (χ4n) is 3.25. The predicted molar refractivity (Wildman–Crippen MR) is 91.8 cm³/mol. The van der Waals surface area contributed by atoms with Crippen molar-refractivity contribution in [1.82, 2.24) is 5.32 Å². The van der Waals surface area contributed by atoms with E-state index < -0.39 is 34.5 Å². The van der Waals surface area contributed by atoms with Crippen molar-refractivity contribution in [2.45, 2.75) is 69.3 Å². The minimum atomic E-state index is -4.27. The fourth-order valence-corrected chi connectivity index (χ4v) is 4.81. The molecule has 0 radical (unpaired) electrons. The number of halogens is 5. The first-order chi connectivity index (χ1) is 11.5. The number of alkyl halides is 3. The van der Waals surface area contributed by atoms with E-state index in [1.54, 1.807) is 13.8 Å². The summed E-state index contributed by atoms with van der Waals surface area (Å²) in [5.74, 6) is -1.47. The summed E-state index contributed by atoms with van der Waals surface area (Å²) in [6, 6.07) is 1.50. The summed E-state index contributed by atoms with van der Waals surface area (Å²) in [4.78, 5) is 0. The van der Waals surface area contributed by atoms with Crippen molar-refractivity contribution in [1.29, 1.82) is 0 Å². The standard InChI is InChI=1S/C18H24F5NS/c1-9(2)13-7-11(19)8-14(20)12(13)5-6-15-24-16(10(3)4)17(25-15)18(21,22)23/h7-10,15-17,24H,5-6H2,1-4H3. The van der Waals surface area contributed by atoms with E-state index in [1.807, 2.05) is 13.8 Å². The Bertz CT molecular complexity index is 600. The van der Waals surface area contributed by atoms with Gasteiger partial charge >= 0.3 is 6.18 Å². The Morgan fingerprint density at radius 1 is 1.12 bits per heavy atom. The van der Waals surface area contributed by atoms with Crippen LogP contribution in [0.3, 0.4) is 0 Å². The number of rotatable bonds is 5. The highest BCUT2D eigenvalue weighted by Crippen LogP contribution is 2.42. The summed E-state index contributed by atoms with van der Waals surface area (Å²) in [7, 11) is 0. The van der Waals surface area contributed by atoms with E-state index in [0.717, 1.165) is 17.8 Å². The monoisotopic (exact) mass is 381 g/mol. The molecule has 0 spiro atoms. The fraction of sp³-hybridized carbons (Fsp3) is 0.667. The van der Waals surface area contributed by atoms with Crippen LogP contribution in [0.5, 0.6) is 0 Å². The van der Waals surface area contributed by atoms with Gasteiger partial charge in [-0.25, -0.2) is 8.78 Å². The van der Waals surface area contributed by atoms with Crippen molar-refractivity contribution in [3.8, 4) is 0 Å². The molecule has 0 aliphatic carbocycles. The molecule has 1 nitrogen and oxygen atoms in total. The van der Waals surface area contributed by atoms with Crippen LogP contribution in [-0.2, 0) is 6.42 Å². The number of benzene rings is 1. The molecule has 1 fully saturated rings. The summed E-state index contributed by atoms with van der Waals surface area (Å²) in [5, 5.41) is 1.19. The van der Waals surface area contributed by atoms with Crippen LogP contribution in [0.4, 0.5) is 22.0 Å². The highest BCUT2D eigenvalue weighted by atomic mass is 32.2. The molecule has 1 aromatic rings. The second-order valence-electron chi connectivity index (χ2n) is 7.17. The van der Waals surface area contributed by atoms with Gasteiger partial charge in [0.2, 0.25) is 0 Å². The average molecular weight is 381 g/mol. The van der Waals surface area contributed by atoms with Crippen molar-refractivity contribution in [3.05, 3.63) is 34.9 Å². The van der Waals surface area contributed by atoms with E-state index in [-0.39, 0.29) is 18.3 Å². The highest BCUT2D eigenvalue weighted by Gasteiger charge is 2.51. The first-order valence-corrected chi connectivity index (χ1v) is 9.41. The van der Waals surface area contributed by atoms with Crippen LogP contribution in [0.1, 0.15) is 51.2 Å². The Kier molecular flexibility index (Phi) is 6.41. The Labute approximate surface area is 149 Å². The molecule has 142 valence electrons. The van der Waals surface area contributed by atoms with E-state index in [2.05, 4.69) is 5.32 Å². The molecule has 1 saturated heterocycles. The minimum absolute atomic E-state index is 0.0595. The average Bonchev–Trinajstić information content (AvgIpc) is 2.90. The molecule has 1 aliphatic rings. The molecular formula is C18H24F5NS. The molecular weight excluding hydrogens is 357 g/mol. The lowest BCUT2D eigenvalue weighted by Gasteiger charge is -2.24. The summed E-state index contributed by atoms with van der Waals surface area (Å²) in [6.07, 6.45) is -3.63. The molecule has 3 unspecified atom stereocenters. The lowest BCUT2D eigenvalue weighted by Crippen LogP contribution is -2.43. The highest BCUT2D eigenvalue weighted by molar-refractivity contribution is 8.00. The van der Waals surface area contributed by atoms with Gasteiger partial charge in [0, 0.05) is 12.1 Å². The minimum Gasteiger partial charge on any atom is -0.301 e. The molecule has 2 rings (SSSR count). The topological polar surface area (TPSA) is 12.0 Å². The van der Waals surface area contributed by atoms with Crippen LogP contribution in [0.25, 0.3) is 0 Å². The molecule has 1 heterocycles. The molecule has 25 heavy (non-hydrogen) atoms. The van der Waals surface area contributed by atoms with Gasteiger partial charge in [-0.2, -0.15) is 13.2 Å². The van der Waals surface area contributed by atoms with Gasteiger partial charge in [-0.15, -0.1) is 11.8 Å². The van der Waals surface area contributed by atoms with Gasteiger partial charge in [-0.1, -0.05) is 27.7 Å². The Balaban J connectivity index is 2.12. The molecule has 0 amide bonds. The maximum Gasteiger partial charge on any atom is 0.402 e. The zero-order valence-electron chi connectivity index (χ0n) is 14.8. The molecule has 1 N–H and O–H groups in total. The van der Waals surface area contributed by atoms with E-state index in [0.29, 0.717) is 17.5 Å². The van der Waals surface area contributed by atoms with Gasteiger partial charge in [0.05, 0.1) is 5.37 Å². The zero-order chi connectivity index (χ0) is 18.9. The van der Waals surface area contributed by atoms with E-state index in [4.69, 9.17) is 0 Å². The largest absolute Gasteiger partial charge is 0.402 e. The maximum absolute atomic E-state index is 14.2. The van der Waals surface area contributed by atoms with Crippen LogP contribution in [0.15, 0.2) is 12.1 Å². The summed E-state index contributed by atoms with van der Waals surface area (Å²) in [5.41, 5.74) is 0.976.